The summed E-state index contributed by atoms with van der Waals surface area (Å²) in [6, 6.07) is 3.77. The van der Waals surface area contributed by atoms with Crippen molar-refractivity contribution in [3.63, 3.8) is 0 Å². The molecule has 0 aromatic heterocycles. The summed E-state index contributed by atoms with van der Waals surface area (Å²) in [6.45, 7) is 0. The summed E-state index contributed by atoms with van der Waals surface area (Å²) in [5.74, 6) is -1.07. The van der Waals surface area contributed by atoms with Gasteiger partial charge in [-0.3, -0.25) is 9.59 Å². The minimum Gasteiger partial charge on any atom is -0.480 e. The number of hydrogen-bond acceptors (Lipinski definition) is 4. The van der Waals surface area contributed by atoms with E-state index in [1.165, 1.54) is 6.07 Å². The van der Waals surface area contributed by atoms with Gasteiger partial charge in [-0.2, -0.15) is 0 Å². The molecule has 8 heteroatoms. The van der Waals surface area contributed by atoms with Crippen LogP contribution >= 0.6 is 35.0 Å². The number of rotatable bonds is 6. The van der Waals surface area contributed by atoms with Crippen molar-refractivity contribution < 1.29 is 14.7 Å². The highest BCUT2D eigenvalue weighted by molar-refractivity contribution is 8.00. The van der Waals surface area contributed by atoms with E-state index < -0.39 is 12.0 Å². The van der Waals surface area contributed by atoms with E-state index in [9.17, 15) is 9.59 Å². The topological polar surface area (TPSA) is 92.4 Å². The molecule has 0 bridgehead atoms. The molecule has 5 nitrogen and oxygen atoms in total. The van der Waals surface area contributed by atoms with Gasteiger partial charge < -0.3 is 16.2 Å². The maximum Gasteiger partial charge on any atom is 0.321 e. The molecule has 0 heterocycles. The van der Waals surface area contributed by atoms with Gasteiger partial charge in [-0.15, -0.1) is 11.8 Å². The van der Waals surface area contributed by atoms with Gasteiger partial charge >= 0.3 is 5.97 Å². The van der Waals surface area contributed by atoms with Crippen molar-refractivity contribution in [3.8, 4) is 0 Å². The number of halogens is 2. The Kier molecular flexibility index (Phi) is 6.44. The number of hydrogen-bond donors (Lipinski definition) is 3. The average molecular weight is 323 g/mol. The molecular formula is C11H12Cl2N2O3S. The van der Waals surface area contributed by atoms with Crippen LogP contribution in [0.4, 0.5) is 5.69 Å². The summed E-state index contributed by atoms with van der Waals surface area (Å²) in [5, 5.41) is 11.9. The van der Waals surface area contributed by atoms with Crippen LogP contribution in [0.5, 0.6) is 0 Å². The van der Waals surface area contributed by atoms with Crippen molar-refractivity contribution in [2.45, 2.75) is 6.04 Å². The van der Waals surface area contributed by atoms with Crippen LogP contribution in [0.3, 0.4) is 0 Å². The van der Waals surface area contributed by atoms with Crippen molar-refractivity contribution in [1.82, 2.24) is 0 Å². The van der Waals surface area contributed by atoms with Crippen LogP contribution < -0.4 is 11.1 Å². The molecule has 19 heavy (non-hydrogen) atoms. The second-order valence-corrected chi connectivity index (χ2v) is 5.48. The lowest BCUT2D eigenvalue weighted by atomic mass is 10.3. The standard InChI is InChI=1S/C11H12Cl2N2O3S/c12-7-2-1-6(3-8(7)13)15-10(16)5-19-4-9(14)11(17)18/h1-3,9H,4-5,14H2,(H,15,16)(H,17,18)/t9-/m0/s1. The first-order chi connectivity index (χ1) is 8.90. The van der Waals surface area contributed by atoms with E-state index in [0.29, 0.717) is 15.7 Å². The van der Waals surface area contributed by atoms with Gasteiger partial charge in [-0.1, -0.05) is 23.2 Å². The number of carboxylic acid groups (broad SMARTS) is 1. The minimum absolute atomic E-state index is 0.112. The highest BCUT2D eigenvalue weighted by Crippen LogP contribution is 2.25. The van der Waals surface area contributed by atoms with Crippen molar-refractivity contribution in [2.24, 2.45) is 5.73 Å². The number of thioether (sulfide) groups is 1. The molecule has 4 N–H and O–H groups in total. The molecule has 0 unspecified atom stereocenters. The normalized spacial score (nSPS) is 11.9. The smallest absolute Gasteiger partial charge is 0.321 e. The average Bonchev–Trinajstić information content (AvgIpc) is 2.33. The Bertz CT molecular complexity index is 485. The largest absolute Gasteiger partial charge is 0.480 e. The quantitative estimate of drug-likeness (QED) is 0.745. The monoisotopic (exact) mass is 322 g/mol. The van der Waals surface area contributed by atoms with Crippen LogP contribution in [-0.4, -0.2) is 34.5 Å². The number of carbonyl (C=O) groups is 2. The Labute approximate surface area is 124 Å². The van der Waals surface area contributed by atoms with E-state index in [1.54, 1.807) is 12.1 Å². The number of carbonyl (C=O) groups excluding carboxylic acids is 1. The van der Waals surface area contributed by atoms with E-state index in [2.05, 4.69) is 5.32 Å². The van der Waals surface area contributed by atoms with E-state index in [1.807, 2.05) is 0 Å². The summed E-state index contributed by atoms with van der Waals surface area (Å²) in [7, 11) is 0. The molecule has 0 saturated carbocycles. The van der Waals surface area contributed by atoms with Crippen LogP contribution in [-0.2, 0) is 9.59 Å². The summed E-state index contributed by atoms with van der Waals surface area (Å²) in [4.78, 5) is 22.0. The summed E-state index contributed by atoms with van der Waals surface area (Å²) < 4.78 is 0. The lowest BCUT2D eigenvalue weighted by Crippen LogP contribution is -2.33. The number of benzene rings is 1. The van der Waals surface area contributed by atoms with Crippen molar-refractivity contribution in [3.05, 3.63) is 28.2 Å². The third-order valence-electron chi connectivity index (χ3n) is 2.05. The van der Waals surface area contributed by atoms with Crippen LogP contribution in [0.25, 0.3) is 0 Å². The van der Waals surface area contributed by atoms with E-state index in [-0.39, 0.29) is 17.4 Å². The molecule has 0 saturated heterocycles. The molecule has 0 fully saturated rings. The molecule has 1 aromatic rings. The van der Waals surface area contributed by atoms with E-state index in [0.717, 1.165) is 11.8 Å². The fraction of sp³-hybridized carbons (Fsp3) is 0.273. The fourth-order valence-electron chi connectivity index (χ4n) is 1.12. The second kappa shape index (κ2) is 7.59. The molecule has 0 aliphatic carbocycles. The number of aliphatic carboxylic acids is 1. The van der Waals surface area contributed by atoms with Gasteiger partial charge in [0.05, 0.1) is 15.8 Å². The first-order valence-corrected chi connectivity index (χ1v) is 7.12. The lowest BCUT2D eigenvalue weighted by molar-refractivity contribution is -0.137. The Morgan fingerprint density at radius 1 is 1.37 bits per heavy atom. The molecule has 0 spiro atoms. The third-order valence-corrected chi connectivity index (χ3v) is 3.85. The molecule has 1 aromatic carbocycles. The Balaban J connectivity index is 2.39. The third kappa shape index (κ3) is 5.69. The molecule has 104 valence electrons. The van der Waals surface area contributed by atoms with Crippen LogP contribution in [0.2, 0.25) is 10.0 Å². The SMILES string of the molecule is N[C@@H](CSCC(=O)Nc1ccc(Cl)c(Cl)c1)C(=O)O. The van der Waals surface area contributed by atoms with Crippen molar-refractivity contribution in [1.29, 1.82) is 0 Å². The Hall–Kier alpha value is -0.950. The summed E-state index contributed by atoms with van der Waals surface area (Å²) in [6.07, 6.45) is 0. The maximum absolute atomic E-state index is 11.6. The number of nitrogens with two attached hydrogens (primary N) is 1. The second-order valence-electron chi connectivity index (χ2n) is 3.64. The fourth-order valence-corrected chi connectivity index (χ4v) is 2.19. The molecule has 1 rings (SSSR count). The molecular weight excluding hydrogens is 311 g/mol. The maximum atomic E-state index is 11.6. The van der Waals surface area contributed by atoms with Crippen LogP contribution in [0.1, 0.15) is 0 Å². The zero-order valence-electron chi connectivity index (χ0n) is 9.73. The van der Waals surface area contributed by atoms with Gasteiger partial charge in [0.25, 0.3) is 0 Å². The molecule has 1 amide bonds. The predicted molar refractivity (Wildman–Crippen MR) is 78.0 cm³/mol. The minimum atomic E-state index is -1.09. The molecule has 0 aliphatic heterocycles. The van der Waals surface area contributed by atoms with Crippen LogP contribution in [0.15, 0.2) is 18.2 Å². The Morgan fingerprint density at radius 3 is 2.63 bits per heavy atom. The first-order valence-electron chi connectivity index (χ1n) is 5.21. The van der Waals surface area contributed by atoms with E-state index >= 15 is 0 Å². The molecule has 0 radical (unpaired) electrons. The number of carboxylic acids is 1. The first kappa shape index (κ1) is 16.1. The summed E-state index contributed by atoms with van der Waals surface area (Å²) in [5.41, 5.74) is 5.84. The van der Waals surface area contributed by atoms with Gasteiger partial charge in [-0.25, -0.2) is 0 Å². The van der Waals surface area contributed by atoms with E-state index in [4.69, 9.17) is 34.0 Å². The van der Waals surface area contributed by atoms with Crippen LogP contribution in [0, 0.1) is 0 Å². The van der Waals surface area contributed by atoms with Gasteiger partial charge in [0, 0.05) is 11.4 Å². The highest BCUT2D eigenvalue weighted by atomic mass is 35.5. The zero-order chi connectivity index (χ0) is 14.4. The number of anilines is 1. The van der Waals surface area contributed by atoms with Gasteiger partial charge in [0.15, 0.2) is 0 Å². The lowest BCUT2D eigenvalue weighted by Gasteiger charge is -2.07. The predicted octanol–water partition coefficient (Wildman–Crippen LogP) is 2.08. The van der Waals surface area contributed by atoms with Gasteiger partial charge in [0.1, 0.15) is 6.04 Å². The number of nitrogens with one attached hydrogen (secondary N) is 1. The molecule has 0 aliphatic rings. The molecule has 1 atom stereocenters. The number of amides is 1. The van der Waals surface area contributed by atoms with Gasteiger partial charge in [-0.05, 0) is 18.2 Å². The van der Waals surface area contributed by atoms with Crippen molar-refractivity contribution in [2.75, 3.05) is 16.8 Å². The van der Waals surface area contributed by atoms with Crippen molar-refractivity contribution >= 4 is 52.5 Å². The summed E-state index contributed by atoms with van der Waals surface area (Å²) >= 11 is 12.7. The Morgan fingerprint density at radius 2 is 2.05 bits per heavy atom. The zero-order valence-corrected chi connectivity index (χ0v) is 12.1. The highest BCUT2D eigenvalue weighted by Gasteiger charge is 2.12. The van der Waals surface area contributed by atoms with Gasteiger partial charge in [0.2, 0.25) is 5.91 Å².